The Kier molecular flexibility index (Phi) is 6.34. The first kappa shape index (κ1) is 16.8. The molecule has 0 aromatic heterocycles. The molecule has 0 aliphatic rings. The first-order valence-corrected chi connectivity index (χ1v) is 7.57. The van der Waals surface area contributed by atoms with Crippen LogP contribution in [0.1, 0.15) is 56.8 Å². The molecular weight excluding hydrogens is 272 g/mol. The van der Waals surface area contributed by atoms with Crippen LogP contribution in [0, 0.1) is 5.41 Å². The summed E-state index contributed by atoms with van der Waals surface area (Å²) in [5, 5.41) is 3.34. The van der Waals surface area contributed by atoms with Crippen LogP contribution in [0.3, 0.4) is 0 Å². The number of carbonyl (C=O) groups excluding carboxylic acids is 1. The van der Waals surface area contributed by atoms with Crippen molar-refractivity contribution in [3.63, 3.8) is 0 Å². The summed E-state index contributed by atoms with van der Waals surface area (Å²) >= 11 is 6.04. The quantitative estimate of drug-likeness (QED) is 0.583. The first-order chi connectivity index (χ1) is 9.37. The minimum absolute atomic E-state index is 0.0842. The maximum atomic E-state index is 12.2. The van der Waals surface area contributed by atoms with Crippen LogP contribution in [-0.2, 0) is 0 Å². The highest BCUT2D eigenvalue weighted by Gasteiger charge is 2.20. The van der Waals surface area contributed by atoms with E-state index in [1.807, 2.05) is 0 Å². The van der Waals surface area contributed by atoms with E-state index in [0.717, 1.165) is 6.42 Å². The summed E-state index contributed by atoms with van der Waals surface area (Å²) in [6.07, 6.45) is 4.72. The van der Waals surface area contributed by atoms with Gasteiger partial charge in [-0.25, -0.2) is 0 Å². The standard InChI is InChI=1S/C16H25ClN2O/c1-4-5-6-10-16(2,3)11-19-15(20)14-12(17)8-7-9-13(14)18/h7-9H,4-6,10-11,18H2,1-3H3,(H,19,20). The van der Waals surface area contributed by atoms with Crippen LogP contribution in [0.25, 0.3) is 0 Å². The average Bonchev–Trinajstić information content (AvgIpc) is 2.36. The zero-order valence-electron chi connectivity index (χ0n) is 12.6. The fraction of sp³-hybridized carbons (Fsp3) is 0.562. The van der Waals surface area contributed by atoms with Gasteiger partial charge in [0.05, 0.1) is 10.6 Å². The Hall–Kier alpha value is -1.22. The lowest BCUT2D eigenvalue weighted by atomic mass is 9.87. The third-order valence-corrected chi connectivity index (χ3v) is 3.77. The number of hydrogen-bond acceptors (Lipinski definition) is 2. The monoisotopic (exact) mass is 296 g/mol. The van der Waals surface area contributed by atoms with E-state index in [-0.39, 0.29) is 11.3 Å². The van der Waals surface area contributed by atoms with Crippen LogP contribution in [0.5, 0.6) is 0 Å². The summed E-state index contributed by atoms with van der Waals surface area (Å²) in [7, 11) is 0. The van der Waals surface area contributed by atoms with Crippen molar-refractivity contribution in [3.05, 3.63) is 28.8 Å². The van der Waals surface area contributed by atoms with Crippen molar-refractivity contribution in [2.45, 2.75) is 46.5 Å². The predicted octanol–water partition coefficient (Wildman–Crippen LogP) is 4.26. The number of amides is 1. The highest BCUT2D eigenvalue weighted by atomic mass is 35.5. The number of nitrogen functional groups attached to an aromatic ring is 1. The van der Waals surface area contributed by atoms with Crippen molar-refractivity contribution in [3.8, 4) is 0 Å². The lowest BCUT2D eigenvalue weighted by Gasteiger charge is -2.25. The zero-order valence-corrected chi connectivity index (χ0v) is 13.4. The molecule has 4 heteroatoms. The van der Waals surface area contributed by atoms with Gasteiger partial charge in [0.2, 0.25) is 0 Å². The molecule has 0 spiro atoms. The predicted molar refractivity (Wildman–Crippen MR) is 86.1 cm³/mol. The summed E-state index contributed by atoms with van der Waals surface area (Å²) in [6, 6.07) is 5.11. The van der Waals surface area contributed by atoms with Gasteiger partial charge in [-0.3, -0.25) is 4.79 Å². The molecule has 1 aromatic rings. The third-order valence-electron chi connectivity index (χ3n) is 3.46. The number of halogens is 1. The lowest BCUT2D eigenvalue weighted by Crippen LogP contribution is -2.34. The van der Waals surface area contributed by atoms with E-state index in [1.54, 1.807) is 18.2 Å². The van der Waals surface area contributed by atoms with E-state index in [1.165, 1.54) is 19.3 Å². The minimum atomic E-state index is -0.198. The van der Waals surface area contributed by atoms with E-state index < -0.39 is 0 Å². The molecule has 20 heavy (non-hydrogen) atoms. The van der Waals surface area contributed by atoms with Gasteiger partial charge in [0, 0.05) is 12.2 Å². The number of anilines is 1. The van der Waals surface area contributed by atoms with Crippen LogP contribution < -0.4 is 11.1 Å². The van der Waals surface area contributed by atoms with Gasteiger partial charge < -0.3 is 11.1 Å². The highest BCUT2D eigenvalue weighted by molar-refractivity contribution is 6.34. The largest absolute Gasteiger partial charge is 0.398 e. The van der Waals surface area contributed by atoms with Crippen LogP contribution in [0.2, 0.25) is 5.02 Å². The Morgan fingerprint density at radius 2 is 2.05 bits per heavy atom. The van der Waals surface area contributed by atoms with E-state index in [4.69, 9.17) is 17.3 Å². The average molecular weight is 297 g/mol. The van der Waals surface area contributed by atoms with Gasteiger partial charge in [0.15, 0.2) is 0 Å². The molecule has 1 aromatic carbocycles. The van der Waals surface area contributed by atoms with Crippen LogP contribution >= 0.6 is 11.6 Å². The lowest BCUT2D eigenvalue weighted by molar-refractivity contribution is 0.0935. The molecule has 3 nitrogen and oxygen atoms in total. The summed E-state index contributed by atoms with van der Waals surface area (Å²) < 4.78 is 0. The SMILES string of the molecule is CCCCCC(C)(C)CNC(=O)c1c(N)cccc1Cl. The Morgan fingerprint density at radius 1 is 1.35 bits per heavy atom. The summed E-state index contributed by atoms with van der Waals surface area (Å²) in [5.74, 6) is -0.198. The zero-order chi connectivity index (χ0) is 15.2. The number of rotatable bonds is 7. The van der Waals surface area contributed by atoms with Crippen molar-refractivity contribution in [2.24, 2.45) is 5.41 Å². The molecule has 112 valence electrons. The van der Waals surface area contributed by atoms with Gasteiger partial charge in [0.25, 0.3) is 5.91 Å². The molecule has 0 saturated heterocycles. The van der Waals surface area contributed by atoms with Gasteiger partial charge in [0.1, 0.15) is 0 Å². The first-order valence-electron chi connectivity index (χ1n) is 7.19. The summed E-state index contributed by atoms with van der Waals surface area (Å²) in [5.41, 5.74) is 6.69. The van der Waals surface area contributed by atoms with Gasteiger partial charge in [-0.15, -0.1) is 0 Å². The molecular formula is C16H25ClN2O. The Balaban J connectivity index is 2.59. The van der Waals surface area contributed by atoms with Crippen molar-refractivity contribution in [1.82, 2.24) is 5.32 Å². The van der Waals surface area contributed by atoms with Gasteiger partial charge in [-0.05, 0) is 24.0 Å². The van der Waals surface area contributed by atoms with Gasteiger partial charge in [-0.2, -0.15) is 0 Å². The van der Waals surface area contributed by atoms with Gasteiger partial charge >= 0.3 is 0 Å². The molecule has 1 rings (SSSR count). The summed E-state index contributed by atoms with van der Waals surface area (Å²) in [6.45, 7) is 7.15. The number of unbranched alkanes of at least 4 members (excludes halogenated alkanes) is 2. The normalized spacial score (nSPS) is 11.4. The van der Waals surface area contributed by atoms with Crippen molar-refractivity contribution < 1.29 is 4.79 Å². The number of hydrogen-bond donors (Lipinski definition) is 2. The third kappa shape index (κ3) is 5.04. The Bertz CT molecular complexity index is 438. The van der Waals surface area contributed by atoms with E-state index >= 15 is 0 Å². The second-order valence-electron chi connectivity index (χ2n) is 6.01. The molecule has 0 aliphatic carbocycles. The fourth-order valence-electron chi connectivity index (χ4n) is 2.13. The molecule has 0 bridgehead atoms. The maximum Gasteiger partial charge on any atom is 0.254 e. The highest BCUT2D eigenvalue weighted by Crippen LogP contribution is 2.24. The minimum Gasteiger partial charge on any atom is -0.398 e. The molecule has 0 unspecified atom stereocenters. The second-order valence-corrected chi connectivity index (χ2v) is 6.42. The van der Waals surface area contributed by atoms with Crippen molar-refractivity contribution in [2.75, 3.05) is 12.3 Å². The molecule has 0 fully saturated rings. The molecule has 0 atom stereocenters. The van der Waals surface area contributed by atoms with Crippen molar-refractivity contribution >= 4 is 23.2 Å². The molecule has 1 amide bonds. The number of nitrogens with one attached hydrogen (secondary N) is 1. The van der Waals surface area contributed by atoms with E-state index in [2.05, 4.69) is 26.1 Å². The molecule has 0 heterocycles. The Labute approximate surface area is 126 Å². The van der Waals surface area contributed by atoms with Crippen molar-refractivity contribution in [1.29, 1.82) is 0 Å². The smallest absolute Gasteiger partial charge is 0.254 e. The summed E-state index contributed by atoms with van der Waals surface area (Å²) in [4.78, 5) is 12.2. The number of carbonyl (C=O) groups is 1. The van der Waals surface area contributed by atoms with Crippen LogP contribution in [0.15, 0.2) is 18.2 Å². The van der Waals surface area contributed by atoms with E-state index in [0.29, 0.717) is 22.8 Å². The van der Waals surface area contributed by atoms with Gasteiger partial charge in [-0.1, -0.05) is 57.7 Å². The van der Waals surface area contributed by atoms with E-state index in [9.17, 15) is 4.79 Å². The Morgan fingerprint density at radius 3 is 2.65 bits per heavy atom. The fourth-order valence-corrected chi connectivity index (χ4v) is 2.40. The molecule has 0 radical (unpaired) electrons. The topological polar surface area (TPSA) is 55.1 Å². The maximum absolute atomic E-state index is 12.2. The second kappa shape index (κ2) is 7.53. The van der Waals surface area contributed by atoms with Crippen LogP contribution in [0.4, 0.5) is 5.69 Å². The molecule has 3 N–H and O–H groups in total. The van der Waals surface area contributed by atoms with Crippen LogP contribution in [-0.4, -0.2) is 12.5 Å². The molecule has 0 aliphatic heterocycles. The number of benzene rings is 1. The molecule has 0 saturated carbocycles. The number of nitrogens with two attached hydrogens (primary N) is 1.